The Hall–Kier alpha value is -0.410. The fourth-order valence-electron chi connectivity index (χ4n) is 2.50. The van der Waals surface area contributed by atoms with Crippen LogP contribution in [-0.2, 0) is 6.42 Å². The predicted octanol–water partition coefficient (Wildman–Crippen LogP) is 3.86. The molecule has 1 atom stereocenters. The van der Waals surface area contributed by atoms with E-state index in [1.165, 1.54) is 25.5 Å². The van der Waals surface area contributed by atoms with Gasteiger partial charge in [-0.15, -0.1) is 0 Å². The van der Waals surface area contributed by atoms with Gasteiger partial charge >= 0.3 is 0 Å². The SMILES string of the molecule is CC1CCCN(CCc2cc(Br)ccc2F)C1. The maximum Gasteiger partial charge on any atom is 0.126 e. The van der Waals surface area contributed by atoms with Crippen LogP contribution in [0.25, 0.3) is 0 Å². The van der Waals surface area contributed by atoms with Crippen LogP contribution in [0.4, 0.5) is 4.39 Å². The minimum absolute atomic E-state index is 0.0849. The Morgan fingerprint density at radius 1 is 1.47 bits per heavy atom. The molecule has 2 rings (SSSR count). The number of likely N-dealkylation sites (tertiary alicyclic amines) is 1. The zero-order valence-corrected chi connectivity index (χ0v) is 11.8. The van der Waals surface area contributed by atoms with Crippen LogP contribution < -0.4 is 0 Å². The highest BCUT2D eigenvalue weighted by Gasteiger charge is 2.16. The van der Waals surface area contributed by atoms with Gasteiger partial charge in [0.25, 0.3) is 0 Å². The molecule has 3 heteroatoms. The normalized spacial score (nSPS) is 21.7. The van der Waals surface area contributed by atoms with Crippen molar-refractivity contribution in [3.8, 4) is 0 Å². The van der Waals surface area contributed by atoms with E-state index in [1.807, 2.05) is 6.07 Å². The van der Waals surface area contributed by atoms with E-state index in [2.05, 4.69) is 27.8 Å². The average Bonchev–Trinajstić information content (AvgIpc) is 2.30. The summed E-state index contributed by atoms with van der Waals surface area (Å²) < 4.78 is 14.5. The molecule has 0 aliphatic carbocycles. The average molecular weight is 300 g/mol. The number of nitrogens with zero attached hydrogens (tertiary/aromatic N) is 1. The second kappa shape index (κ2) is 5.96. The van der Waals surface area contributed by atoms with Crippen LogP contribution in [0.5, 0.6) is 0 Å². The van der Waals surface area contributed by atoms with Gasteiger partial charge in [0.05, 0.1) is 0 Å². The van der Waals surface area contributed by atoms with Crippen LogP contribution in [0.15, 0.2) is 22.7 Å². The second-order valence-corrected chi connectivity index (χ2v) is 5.95. The Morgan fingerprint density at radius 2 is 2.29 bits per heavy atom. The van der Waals surface area contributed by atoms with Gasteiger partial charge in [0, 0.05) is 17.6 Å². The number of benzene rings is 1. The highest BCUT2D eigenvalue weighted by molar-refractivity contribution is 9.10. The molecule has 94 valence electrons. The van der Waals surface area contributed by atoms with E-state index in [0.717, 1.165) is 35.5 Å². The van der Waals surface area contributed by atoms with E-state index < -0.39 is 0 Å². The molecule has 0 bridgehead atoms. The first-order valence-electron chi connectivity index (χ1n) is 6.31. The van der Waals surface area contributed by atoms with Crippen molar-refractivity contribution in [1.82, 2.24) is 4.90 Å². The van der Waals surface area contributed by atoms with Crippen molar-refractivity contribution < 1.29 is 4.39 Å². The largest absolute Gasteiger partial charge is 0.303 e. The van der Waals surface area contributed by atoms with E-state index in [4.69, 9.17) is 0 Å². The number of piperidine rings is 1. The van der Waals surface area contributed by atoms with Gasteiger partial charge < -0.3 is 4.90 Å². The number of hydrogen-bond acceptors (Lipinski definition) is 1. The van der Waals surface area contributed by atoms with Gasteiger partial charge in [-0.2, -0.15) is 0 Å². The molecule has 0 N–H and O–H groups in total. The van der Waals surface area contributed by atoms with E-state index in [-0.39, 0.29) is 5.82 Å². The number of halogens is 2. The van der Waals surface area contributed by atoms with Gasteiger partial charge in [-0.25, -0.2) is 4.39 Å². The fourth-order valence-corrected chi connectivity index (χ4v) is 2.91. The minimum atomic E-state index is -0.0849. The standard InChI is InChI=1S/C14H19BrFN/c1-11-3-2-7-17(10-11)8-6-12-9-13(15)4-5-14(12)16/h4-5,9,11H,2-3,6-8,10H2,1H3. The molecule has 0 aromatic heterocycles. The maximum atomic E-state index is 13.6. The molecule has 1 nitrogen and oxygen atoms in total. The summed E-state index contributed by atoms with van der Waals surface area (Å²) in [6, 6.07) is 5.18. The van der Waals surface area contributed by atoms with Crippen LogP contribution in [0.2, 0.25) is 0 Å². The molecule has 1 heterocycles. The molecule has 1 aliphatic heterocycles. The van der Waals surface area contributed by atoms with Gasteiger partial charge in [0.2, 0.25) is 0 Å². The first kappa shape index (κ1) is 13.0. The summed E-state index contributed by atoms with van der Waals surface area (Å²) in [7, 11) is 0. The molecular formula is C14H19BrFN. The highest BCUT2D eigenvalue weighted by atomic mass is 79.9. The Labute approximate surface area is 111 Å². The lowest BCUT2D eigenvalue weighted by Gasteiger charge is -2.30. The summed E-state index contributed by atoms with van der Waals surface area (Å²) in [6.45, 7) is 5.60. The van der Waals surface area contributed by atoms with Crippen LogP contribution in [0.1, 0.15) is 25.3 Å². The minimum Gasteiger partial charge on any atom is -0.303 e. The zero-order valence-electron chi connectivity index (χ0n) is 10.3. The molecule has 1 aromatic rings. The molecule has 0 amide bonds. The Bertz CT molecular complexity index is 380. The van der Waals surface area contributed by atoms with Crippen LogP contribution in [-0.4, -0.2) is 24.5 Å². The van der Waals surface area contributed by atoms with Crippen molar-refractivity contribution in [2.45, 2.75) is 26.2 Å². The van der Waals surface area contributed by atoms with Crippen molar-refractivity contribution in [1.29, 1.82) is 0 Å². The molecule has 0 saturated carbocycles. The number of rotatable bonds is 3. The molecular weight excluding hydrogens is 281 g/mol. The third-order valence-corrected chi connectivity index (χ3v) is 3.94. The summed E-state index contributed by atoms with van der Waals surface area (Å²) >= 11 is 3.39. The van der Waals surface area contributed by atoms with Gasteiger partial charge in [0.1, 0.15) is 5.82 Å². The lowest BCUT2D eigenvalue weighted by molar-refractivity contribution is 0.185. The third-order valence-electron chi connectivity index (χ3n) is 3.45. The van der Waals surface area contributed by atoms with Crippen molar-refractivity contribution in [2.24, 2.45) is 5.92 Å². The molecule has 1 fully saturated rings. The molecule has 0 spiro atoms. The Morgan fingerprint density at radius 3 is 3.06 bits per heavy atom. The molecule has 17 heavy (non-hydrogen) atoms. The van der Waals surface area contributed by atoms with Crippen LogP contribution in [0, 0.1) is 11.7 Å². The fraction of sp³-hybridized carbons (Fsp3) is 0.571. The topological polar surface area (TPSA) is 3.24 Å². The summed E-state index contributed by atoms with van der Waals surface area (Å²) in [6.07, 6.45) is 3.42. The monoisotopic (exact) mass is 299 g/mol. The van der Waals surface area contributed by atoms with E-state index in [1.54, 1.807) is 6.07 Å². The van der Waals surface area contributed by atoms with E-state index in [9.17, 15) is 4.39 Å². The smallest absolute Gasteiger partial charge is 0.126 e. The molecule has 1 aliphatic rings. The van der Waals surface area contributed by atoms with Gasteiger partial charge in [-0.05, 0) is 55.5 Å². The molecule has 1 saturated heterocycles. The van der Waals surface area contributed by atoms with Crippen molar-refractivity contribution in [3.05, 3.63) is 34.1 Å². The first-order chi connectivity index (χ1) is 8.15. The summed E-state index contributed by atoms with van der Waals surface area (Å²) in [4.78, 5) is 2.45. The summed E-state index contributed by atoms with van der Waals surface area (Å²) in [5.41, 5.74) is 0.817. The van der Waals surface area contributed by atoms with Crippen molar-refractivity contribution in [2.75, 3.05) is 19.6 Å². The molecule has 1 unspecified atom stereocenters. The van der Waals surface area contributed by atoms with Gasteiger partial charge in [-0.1, -0.05) is 22.9 Å². The van der Waals surface area contributed by atoms with Gasteiger partial charge in [0.15, 0.2) is 0 Å². The predicted molar refractivity (Wildman–Crippen MR) is 72.6 cm³/mol. The zero-order chi connectivity index (χ0) is 12.3. The Balaban J connectivity index is 1.90. The molecule has 1 aromatic carbocycles. The summed E-state index contributed by atoms with van der Waals surface area (Å²) in [5, 5.41) is 0. The Kier molecular flexibility index (Phi) is 4.57. The summed E-state index contributed by atoms with van der Waals surface area (Å²) in [5.74, 6) is 0.703. The van der Waals surface area contributed by atoms with E-state index >= 15 is 0 Å². The maximum absolute atomic E-state index is 13.6. The molecule has 0 radical (unpaired) electrons. The lowest BCUT2D eigenvalue weighted by Crippen LogP contribution is -2.35. The highest BCUT2D eigenvalue weighted by Crippen LogP contribution is 2.18. The first-order valence-corrected chi connectivity index (χ1v) is 7.11. The number of hydrogen-bond donors (Lipinski definition) is 0. The third kappa shape index (κ3) is 3.78. The lowest BCUT2D eigenvalue weighted by atomic mass is 10.00. The van der Waals surface area contributed by atoms with Crippen molar-refractivity contribution in [3.63, 3.8) is 0 Å². The van der Waals surface area contributed by atoms with Gasteiger partial charge in [-0.3, -0.25) is 0 Å². The second-order valence-electron chi connectivity index (χ2n) is 5.03. The van der Waals surface area contributed by atoms with Crippen LogP contribution >= 0.6 is 15.9 Å². The van der Waals surface area contributed by atoms with E-state index in [0.29, 0.717) is 0 Å². The quantitative estimate of drug-likeness (QED) is 0.819. The van der Waals surface area contributed by atoms with Crippen molar-refractivity contribution >= 4 is 15.9 Å². The van der Waals surface area contributed by atoms with Crippen LogP contribution in [0.3, 0.4) is 0 Å².